The summed E-state index contributed by atoms with van der Waals surface area (Å²) in [7, 11) is 0. The number of aryl methyl sites for hydroxylation is 1. The molecule has 0 aliphatic heterocycles. The number of aromatic nitrogens is 3. The van der Waals surface area contributed by atoms with Crippen LogP contribution in [0.4, 0.5) is 0 Å². The Labute approximate surface area is 117 Å². The number of nitrogens with zero attached hydrogens (tertiary/aromatic N) is 3. The monoisotopic (exact) mass is 265 g/mol. The number of benzene rings is 1. The predicted octanol–water partition coefficient (Wildman–Crippen LogP) is 3.28. The van der Waals surface area contributed by atoms with Crippen LogP contribution < -0.4 is 0 Å². The highest BCUT2D eigenvalue weighted by molar-refractivity contribution is 5.85. The van der Waals surface area contributed by atoms with Gasteiger partial charge in [0.05, 0.1) is 6.54 Å². The van der Waals surface area contributed by atoms with Crippen molar-refractivity contribution in [2.75, 3.05) is 0 Å². The van der Waals surface area contributed by atoms with Crippen LogP contribution in [0.25, 0.3) is 22.5 Å². The highest BCUT2D eigenvalue weighted by Gasteiger charge is 2.15. The van der Waals surface area contributed by atoms with Gasteiger partial charge in [-0.25, -0.2) is 0 Å². The van der Waals surface area contributed by atoms with Crippen LogP contribution in [0.2, 0.25) is 0 Å². The van der Waals surface area contributed by atoms with Gasteiger partial charge in [-0.3, -0.25) is 0 Å². The molecule has 4 nitrogen and oxygen atoms in total. The Hall–Kier alpha value is -2.54. The molecule has 0 spiro atoms. The maximum Gasteiger partial charge on any atom is 0.264 e. The summed E-state index contributed by atoms with van der Waals surface area (Å²) in [5, 5.41) is 9.33. The summed E-state index contributed by atoms with van der Waals surface area (Å²) in [6, 6.07) is 10.1. The van der Waals surface area contributed by atoms with E-state index in [4.69, 9.17) is 10.8 Å². The SMILES string of the molecule is C#CCn1c(-c2nnc(CCC)o2)cc2ccccc21. The second kappa shape index (κ2) is 5.22. The lowest BCUT2D eigenvalue weighted by atomic mass is 10.2. The van der Waals surface area contributed by atoms with Crippen LogP contribution in [-0.4, -0.2) is 14.8 Å². The smallest absolute Gasteiger partial charge is 0.264 e. The molecular formula is C16H15N3O. The van der Waals surface area contributed by atoms with Gasteiger partial charge in [0.25, 0.3) is 5.89 Å². The van der Waals surface area contributed by atoms with Crippen molar-refractivity contribution in [3.05, 3.63) is 36.2 Å². The molecule has 3 aromatic rings. The van der Waals surface area contributed by atoms with Gasteiger partial charge in [0, 0.05) is 17.3 Å². The second-order valence-electron chi connectivity index (χ2n) is 4.63. The van der Waals surface area contributed by atoms with Crippen molar-refractivity contribution in [1.82, 2.24) is 14.8 Å². The van der Waals surface area contributed by atoms with Gasteiger partial charge in [0.2, 0.25) is 5.89 Å². The zero-order chi connectivity index (χ0) is 13.9. The van der Waals surface area contributed by atoms with E-state index in [1.807, 2.05) is 28.8 Å². The Kier molecular flexibility index (Phi) is 3.26. The van der Waals surface area contributed by atoms with Crippen LogP contribution in [0.5, 0.6) is 0 Å². The third-order valence-corrected chi connectivity index (χ3v) is 3.21. The van der Waals surface area contributed by atoms with E-state index in [2.05, 4.69) is 29.1 Å². The topological polar surface area (TPSA) is 43.9 Å². The lowest BCUT2D eigenvalue weighted by molar-refractivity contribution is 0.499. The van der Waals surface area contributed by atoms with Crippen molar-refractivity contribution in [3.8, 4) is 23.9 Å². The van der Waals surface area contributed by atoms with Crippen molar-refractivity contribution in [2.45, 2.75) is 26.3 Å². The summed E-state index contributed by atoms with van der Waals surface area (Å²) < 4.78 is 7.74. The first kappa shape index (κ1) is 12.5. The summed E-state index contributed by atoms with van der Waals surface area (Å²) in [6.07, 6.45) is 7.25. The quantitative estimate of drug-likeness (QED) is 0.680. The number of rotatable bonds is 4. The van der Waals surface area contributed by atoms with Gasteiger partial charge in [-0.05, 0) is 18.6 Å². The molecule has 4 heteroatoms. The number of hydrogen-bond donors (Lipinski definition) is 0. The van der Waals surface area contributed by atoms with Gasteiger partial charge in [-0.15, -0.1) is 16.6 Å². The molecule has 0 aliphatic rings. The Morgan fingerprint density at radius 3 is 2.95 bits per heavy atom. The summed E-state index contributed by atoms with van der Waals surface area (Å²) in [5.41, 5.74) is 1.95. The van der Waals surface area contributed by atoms with Crippen molar-refractivity contribution in [1.29, 1.82) is 0 Å². The molecule has 0 fully saturated rings. The molecule has 1 aromatic carbocycles. The molecule has 0 saturated heterocycles. The average molecular weight is 265 g/mol. The molecule has 2 aromatic heterocycles. The van der Waals surface area contributed by atoms with Gasteiger partial charge < -0.3 is 8.98 Å². The van der Waals surface area contributed by atoms with Crippen LogP contribution in [0.3, 0.4) is 0 Å². The zero-order valence-electron chi connectivity index (χ0n) is 11.3. The Bertz CT molecular complexity index is 776. The normalized spacial score (nSPS) is 10.8. The van der Waals surface area contributed by atoms with E-state index in [-0.39, 0.29) is 0 Å². The van der Waals surface area contributed by atoms with Gasteiger partial charge in [-0.2, -0.15) is 0 Å². The van der Waals surface area contributed by atoms with Crippen LogP contribution in [0, 0.1) is 12.3 Å². The summed E-state index contributed by atoms with van der Waals surface area (Å²) in [4.78, 5) is 0. The van der Waals surface area contributed by atoms with Crippen LogP contribution in [0.1, 0.15) is 19.2 Å². The van der Waals surface area contributed by atoms with Crippen LogP contribution in [0.15, 0.2) is 34.7 Å². The fourth-order valence-corrected chi connectivity index (χ4v) is 2.32. The fraction of sp³-hybridized carbons (Fsp3) is 0.250. The molecule has 0 aliphatic carbocycles. The van der Waals surface area contributed by atoms with Crippen molar-refractivity contribution < 1.29 is 4.42 Å². The number of para-hydroxylation sites is 1. The molecule has 0 unspecified atom stereocenters. The molecule has 3 rings (SSSR count). The highest BCUT2D eigenvalue weighted by Crippen LogP contribution is 2.27. The summed E-state index contributed by atoms with van der Waals surface area (Å²) in [5.74, 6) is 3.87. The highest BCUT2D eigenvalue weighted by atomic mass is 16.4. The average Bonchev–Trinajstić information content (AvgIpc) is 3.05. The third-order valence-electron chi connectivity index (χ3n) is 3.21. The molecule has 0 saturated carbocycles. The van der Waals surface area contributed by atoms with Crippen LogP contribution in [-0.2, 0) is 13.0 Å². The van der Waals surface area contributed by atoms with Gasteiger partial charge in [0.1, 0.15) is 5.69 Å². The van der Waals surface area contributed by atoms with Gasteiger partial charge in [-0.1, -0.05) is 31.0 Å². The van der Waals surface area contributed by atoms with Crippen molar-refractivity contribution in [2.24, 2.45) is 0 Å². The molecule has 0 radical (unpaired) electrons. The molecule has 2 heterocycles. The lowest BCUT2D eigenvalue weighted by Crippen LogP contribution is -1.97. The maximum atomic E-state index is 5.72. The minimum Gasteiger partial charge on any atom is -0.419 e. The van der Waals surface area contributed by atoms with E-state index >= 15 is 0 Å². The Balaban J connectivity index is 2.14. The second-order valence-corrected chi connectivity index (χ2v) is 4.63. The van der Waals surface area contributed by atoms with Crippen molar-refractivity contribution >= 4 is 10.9 Å². The molecular weight excluding hydrogens is 250 g/mol. The Morgan fingerprint density at radius 1 is 1.30 bits per heavy atom. The number of terminal acetylenes is 1. The summed E-state index contributed by atoms with van der Waals surface area (Å²) in [6.45, 7) is 2.56. The van der Waals surface area contributed by atoms with E-state index in [1.165, 1.54) is 0 Å². The van der Waals surface area contributed by atoms with E-state index in [9.17, 15) is 0 Å². The Morgan fingerprint density at radius 2 is 2.15 bits per heavy atom. The van der Waals surface area contributed by atoms with E-state index in [0.717, 1.165) is 29.4 Å². The largest absolute Gasteiger partial charge is 0.419 e. The first-order valence-corrected chi connectivity index (χ1v) is 6.68. The van der Waals surface area contributed by atoms with Gasteiger partial charge >= 0.3 is 0 Å². The van der Waals surface area contributed by atoms with Crippen molar-refractivity contribution in [3.63, 3.8) is 0 Å². The molecule has 0 bridgehead atoms. The first-order chi connectivity index (χ1) is 9.83. The molecule has 0 atom stereocenters. The van der Waals surface area contributed by atoms with Crippen LogP contribution >= 0.6 is 0 Å². The predicted molar refractivity (Wildman–Crippen MR) is 78.1 cm³/mol. The minimum absolute atomic E-state index is 0.480. The lowest BCUT2D eigenvalue weighted by Gasteiger charge is -2.03. The molecule has 100 valence electrons. The summed E-state index contributed by atoms with van der Waals surface area (Å²) >= 11 is 0. The van der Waals surface area contributed by atoms with E-state index in [1.54, 1.807) is 0 Å². The maximum absolute atomic E-state index is 5.72. The molecule has 0 N–H and O–H groups in total. The number of hydrogen-bond acceptors (Lipinski definition) is 3. The van der Waals surface area contributed by atoms with E-state index < -0.39 is 0 Å². The minimum atomic E-state index is 0.480. The fourth-order valence-electron chi connectivity index (χ4n) is 2.32. The molecule has 0 amide bonds. The molecule has 20 heavy (non-hydrogen) atoms. The number of fused-ring (bicyclic) bond motifs is 1. The van der Waals surface area contributed by atoms with E-state index in [0.29, 0.717) is 18.3 Å². The van der Waals surface area contributed by atoms with Gasteiger partial charge in [0.15, 0.2) is 0 Å². The first-order valence-electron chi connectivity index (χ1n) is 6.68. The standard InChI is InChI=1S/C16H15N3O/c1-3-7-15-17-18-16(20-15)14-11-12-8-5-6-9-13(12)19(14)10-4-2/h2,5-6,8-9,11H,3,7,10H2,1H3. The zero-order valence-corrected chi connectivity index (χ0v) is 11.3. The third kappa shape index (κ3) is 2.08.